The van der Waals surface area contributed by atoms with Gasteiger partial charge in [0.1, 0.15) is 5.69 Å². The van der Waals surface area contributed by atoms with Crippen LogP contribution in [0.4, 0.5) is 0 Å². The van der Waals surface area contributed by atoms with E-state index in [9.17, 15) is 4.79 Å². The van der Waals surface area contributed by atoms with E-state index in [0.29, 0.717) is 18.2 Å². The minimum absolute atomic E-state index is 0.0797. The summed E-state index contributed by atoms with van der Waals surface area (Å²) in [6.07, 6.45) is 5.03. The third-order valence-corrected chi connectivity index (χ3v) is 5.60. The zero-order valence-electron chi connectivity index (χ0n) is 17.9. The molecule has 0 amide bonds. The lowest BCUT2D eigenvalue weighted by molar-refractivity contribution is 0.394. The van der Waals surface area contributed by atoms with Crippen LogP contribution in [0.15, 0.2) is 41.2 Å². The molecule has 3 nitrogen and oxygen atoms in total. The van der Waals surface area contributed by atoms with Gasteiger partial charge in [0.2, 0.25) is 5.43 Å². The Morgan fingerprint density at radius 1 is 0.964 bits per heavy atom. The molecule has 3 rings (SSSR count). The van der Waals surface area contributed by atoms with Gasteiger partial charge in [-0.05, 0) is 55.9 Å². The van der Waals surface area contributed by atoms with Crippen molar-refractivity contribution in [3.8, 4) is 11.1 Å². The van der Waals surface area contributed by atoms with Crippen LogP contribution in [0.3, 0.4) is 0 Å². The van der Waals surface area contributed by atoms with Gasteiger partial charge in [0, 0.05) is 0 Å². The van der Waals surface area contributed by atoms with Crippen LogP contribution in [0.25, 0.3) is 22.0 Å². The third kappa shape index (κ3) is 3.76. The Labute approximate surface area is 168 Å². The van der Waals surface area contributed by atoms with Crippen LogP contribution in [0.2, 0.25) is 0 Å². The highest BCUT2D eigenvalue weighted by Gasteiger charge is 2.19. The molecule has 28 heavy (non-hydrogen) atoms. The van der Waals surface area contributed by atoms with E-state index in [0.717, 1.165) is 47.7 Å². The van der Waals surface area contributed by atoms with Crippen LogP contribution in [-0.4, -0.2) is 9.78 Å². The highest BCUT2D eigenvalue weighted by Crippen LogP contribution is 2.31. The molecule has 2 aromatic carbocycles. The Balaban J connectivity index is 2.37. The SMILES string of the molecule is CCCC(CCC)n1nc(CC)c(=O)c2c(-c3ccc(C)cc3C)cccc21. The highest BCUT2D eigenvalue weighted by atomic mass is 16.1. The molecule has 1 heterocycles. The summed E-state index contributed by atoms with van der Waals surface area (Å²) in [5, 5.41) is 5.65. The maximum atomic E-state index is 13.3. The average Bonchev–Trinajstić information content (AvgIpc) is 2.68. The summed E-state index contributed by atoms with van der Waals surface area (Å²) in [6, 6.07) is 13.0. The predicted molar refractivity (Wildman–Crippen MR) is 119 cm³/mol. The molecule has 0 unspecified atom stereocenters. The molecule has 3 aromatic rings. The first-order chi connectivity index (χ1) is 13.5. The van der Waals surface area contributed by atoms with Crippen molar-refractivity contribution in [1.29, 1.82) is 0 Å². The van der Waals surface area contributed by atoms with Crippen molar-refractivity contribution in [3.05, 3.63) is 63.4 Å². The van der Waals surface area contributed by atoms with Gasteiger partial charge >= 0.3 is 0 Å². The second-order valence-electron chi connectivity index (χ2n) is 7.82. The molecule has 0 aliphatic heterocycles. The Hall–Kier alpha value is -2.42. The van der Waals surface area contributed by atoms with E-state index in [2.05, 4.69) is 68.8 Å². The van der Waals surface area contributed by atoms with Crippen molar-refractivity contribution in [1.82, 2.24) is 9.78 Å². The number of hydrogen-bond donors (Lipinski definition) is 0. The summed E-state index contributed by atoms with van der Waals surface area (Å²) in [5.74, 6) is 0. The van der Waals surface area contributed by atoms with Gasteiger partial charge in [-0.3, -0.25) is 9.48 Å². The maximum Gasteiger partial charge on any atom is 0.211 e. The van der Waals surface area contributed by atoms with Crippen LogP contribution in [0.1, 0.15) is 69.3 Å². The van der Waals surface area contributed by atoms with Gasteiger partial charge in [0.25, 0.3) is 0 Å². The van der Waals surface area contributed by atoms with Crippen molar-refractivity contribution in [2.24, 2.45) is 0 Å². The minimum Gasteiger partial charge on any atom is -0.287 e. The lowest BCUT2D eigenvalue weighted by Crippen LogP contribution is -2.22. The van der Waals surface area contributed by atoms with Crippen LogP contribution in [0.5, 0.6) is 0 Å². The number of aryl methyl sites for hydroxylation is 3. The smallest absolute Gasteiger partial charge is 0.211 e. The standard InChI is InChI=1S/C25H32N2O/c1-6-10-19(11-7-2)27-23-13-9-12-21(20-15-14-17(4)16-18(20)5)24(23)25(28)22(8-3)26-27/h9,12-16,19H,6-8,10-11H2,1-5H3. The summed E-state index contributed by atoms with van der Waals surface area (Å²) in [4.78, 5) is 13.3. The monoisotopic (exact) mass is 376 g/mol. The normalized spacial score (nSPS) is 11.5. The maximum absolute atomic E-state index is 13.3. The molecule has 3 heteroatoms. The Morgan fingerprint density at radius 2 is 1.68 bits per heavy atom. The second kappa shape index (κ2) is 8.72. The number of nitrogens with zero attached hydrogens (tertiary/aromatic N) is 2. The van der Waals surface area contributed by atoms with Crippen molar-refractivity contribution < 1.29 is 0 Å². The Morgan fingerprint density at radius 3 is 2.29 bits per heavy atom. The molecule has 0 radical (unpaired) electrons. The summed E-state index contributed by atoms with van der Waals surface area (Å²) in [6.45, 7) is 10.7. The molecule has 0 fully saturated rings. The van der Waals surface area contributed by atoms with E-state index in [-0.39, 0.29) is 5.43 Å². The van der Waals surface area contributed by atoms with E-state index in [1.807, 2.05) is 6.92 Å². The first kappa shape index (κ1) is 20.3. The minimum atomic E-state index is 0.0797. The molecule has 0 N–H and O–H groups in total. The number of benzene rings is 2. The van der Waals surface area contributed by atoms with E-state index < -0.39 is 0 Å². The average molecular weight is 377 g/mol. The van der Waals surface area contributed by atoms with E-state index >= 15 is 0 Å². The molecule has 0 spiro atoms. The van der Waals surface area contributed by atoms with E-state index in [1.165, 1.54) is 11.1 Å². The molecule has 0 bridgehead atoms. The number of aromatic nitrogens is 2. The fourth-order valence-electron chi connectivity index (χ4n) is 4.25. The van der Waals surface area contributed by atoms with Gasteiger partial charge in [0.15, 0.2) is 0 Å². The lowest BCUT2D eigenvalue weighted by Gasteiger charge is -2.22. The zero-order chi connectivity index (χ0) is 20.3. The van der Waals surface area contributed by atoms with Crippen LogP contribution < -0.4 is 5.43 Å². The predicted octanol–water partition coefficient (Wildman–Crippen LogP) is 6.38. The van der Waals surface area contributed by atoms with Crippen molar-refractivity contribution in [2.75, 3.05) is 0 Å². The Kier molecular flexibility index (Phi) is 6.33. The van der Waals surface area contributed by atoms with Gasteiger partial charge in [-0.1, -0.05) is 69.5 Å². The summed E-state index contributed by atoms with van der Waals surface area (Å²) >= 11 is 0. The second-order valence-corrected chi connectivity index (χ2v) is 7.82. The topological polar surface area (TPSA) is 34.9 Å². The molecule has 0 saturated heterocycles. The van der Waals surface area contributed by atoms with Gasteiger partial charge in [-0.2, -0.15) is 5.10 Å². The van der Waals surface area contributed by atoms with Crippen LogP contribution in [-0.2, 0) is 6.42 Å². The third-order valence-electron chi connectivity index (χ3n) is 5.60. The number of hydrogen-bond acceptors (Lipinski definition) is 2. The molecule has 1 aromatic heterocycles. The van der Waals surface area contributed by atoms with Gasteiger partial charge < -0.3 is 0 Å². The molecular formula is C25H32N2O. The fourth-order valence-corrected chi connectivity index (χ4v) is 4.25. The van der Waals surface area contributed by atoms with Gasteiger partial charge in [0.05, 0.1) is 16.9 Å². The quantitative estimate of drug-likeness (QED) is 0.479. The molecular weight excluding hydrogens is 344 g/mol. The van der Waals surface area contributed by atoms with Crippen LogP contribution >= 0.6 is 0 Å². The molecule has 0 aliphatic rings. The van der Waals surface area contributed by atoms with Crippen molar-refractivity contribution in [2.45, 2.75) is 72.8 Å². The van der Waals surface area contributed by atoms with E-state index in [1.54, 1.807) is 0 Å². The number of fused-ring (bicyclic) bond motifs is 1. The Bertz CT molecular complexity index is 1030. The number of rotatable bonds is 7. The first-order valence-corrected chi connectivity index (χ1v) is 10.6. The first-order valence-electron chi connectivity index (χ1n) is 10.6. The summed E-state index contributed by atoms with van der Waals surface area (Å²) in [7, 11) is 0. The molecule has 148 valence electrons. The molecule has 0 saturated carbocycles. The molecule has 0 aliphatic carbocycles. The largest absolute Gasteiger partial charge is 0.287 e. The highest BCUT2D eigenvalue weighted by molar-refractivity contribution is 5.95. The van der Waals surface area contributed by atoms with Crippen molar-refractivity contribution >= 4 is 10.9 Å². The van der Waals surface area contributed by atoms with Gasteiger partial charge in [-0.25, -0.2) is 0 Å². The summed E-state index contributed by atoms with van der Waals surface area (Å²) in [5.41, 5.74) is 6.31. The van der Waals surface area contributed by atoms with Crippen molar-refractivity contribution in [3.63, 3.8) is 0 Å². The molecule has 0 atom stereocenters. The zero-order valence-corrected chi connectivity index (χ0v) is 17.9. The van der Waals surface area contributed by atoms with Crippen LogP contribution in [0, 0.1) is 13.8 Å². The summed E-state index contributed by atoms with van der Waals surface area (Å²) < 4.78 is 2.15. The fraction of sp³-hybridized carbons (Fsp3) is 0.440. The van der Waals surface area contributed by atoms with E-state index in [4.69, 9.17) is 5.10 Å². The lowest BCUT2D eigenvalue weighted by atomic mass is 9.94. The van der Waals surface area contributed by atoms with Gasteiger partial charge in [-0.15, -0.1) is 0 Å².